The minimum Gasteiger partial charge on any atom is -0.480 e. The fourth-order valence-electron chi connectivity index (χ4n) is 9.06. The number of Topliss-reactive ketones (excluding diaryl/α,β-unsaturated/α-hetero) is 1. The molecule has 2 fully saturated rings. The number of nitrogens with one attached hydrogen (secondary N) is 1. The fraction of sp³-hybridized carbons (Fsp3) is 0.500. The van der Waals surface area contributed by atoms with E-state index in [1.54, 1.807) is 21.7 Å². The summed E-state index contributed by atoms with van der Waals surface area (Å²) in [4.78, 5) is 53.9. The molecule has 2 N–H and O–H groups in total. The van der Waals surface area contributed by atoms with Gasteiger partial charge in [0.05, 0.1) is 36.6 Å². The van der Waals surface area contributed by atoms with Crippen LogP contribution in [0.4, 0.5) is 4.39 Å². The Balaban J connectivity index is 1.07. The van der Waals surface area contributed by atoms with Gasteiger partial charge in [-0.15, -0.1) is 14.8 Å². The average Bonchev–Trinajstić information content (AvgIpc) is 3.91. The lowest BCUT2D eigenvalue weighted by Crippen LogP contribution is -2.65. The minimum absolute atomic E-state index is 0.0531. The van der Waals surface area contributed by atoms with Crippen LogP contribution in [0, 0.1) is 11.7 Å². The highest BCUT2D eigenvalue weighted by Crippen LogP contribution is 2.42. The van der Waals surface area contributed by atoms with Gasteiger partial charge in [0.15, 0.2) is 0 Å². The average molecular weight is 753 g/mol. The molecule has 0 atom stereocenters. The maximum Gasteiger partial charge on any atom is 0.340 e. The fourth-order valence-corrected chi connectivity index (χ4v) is 9.06. The Morgan fingerprint density at radius 2 is 1.67 bits per heavy atom. The lowest BCUT2D eigenvalue weighted by molar-refractivity contribution is -0.141. The van der Waals surface area contributed by atoms with Crippen LogP contribution in [0.1, 0.15) is 101 Å². The van der Waals surface area contributed by atoms with Gasteiger partial charge >= 0.3 is 11.9 Å². The van der Waals surface area contributed by atoms with E-state index < -0.39 is 11.8 Å². The number of rotatable bonds is 11. The number of carboxylic acids is 1. The van der Waals surface area contributed by atoms with E-state index in [0.717, 1.165) is 36.8 Å². The van der Waals surface area contributed by atoms with Crippen molar-refractivity contribution in [1.29, 1.82) is 0 Å². The number of halogens is 1. The van der Waals surface area contributed by atoms with Crippen LogP contribution in [-0.2, 0) is 38.8 Å². The number of nitrogens with zero attached hydrogens (tertiary/aromatic N) is 8. The number of carboxylic acid groups (broad SMARTS) is 1. The van der Waals surface area contributed by atoms with Gasteiger partial charge in [-0.1, -0.05) is 73.5 Å². The van der Waals surface area contributed by atoms with E-state index in [2.05, 4.69) is 15.6 Å². The predicted octanol–water partition coefficient (Wildman–Crippen LogP) is 5.53. The van der Waals surface area contributed by atoms with Crippen molar-refractivity contribution < 1.29 is 28.7 Å². The molecule has 0 spiro atoms. The van der Waals surface area contributed by atoms with E-state index in [1.807, 2.05) is 18.2 Å². The maximum absolute atomic E-state index is 16.1. The first kappa shape index (κ1) is 36.7. The SMILES string of the molecule is O=C(O)Cn1cc(CNC(=O)Cn2nc3c4c(cccc42)-c2cc4c(cnn4[N+]4(C(=O)CCC(=O)CC5CCCCCCCC5)CCC3CC4)cc2F)nn1. The Hall–Kier alpha value is -5.31. The van der Waals surface area contributed by atoms with Crippen LogP contribution < -0.4 is 9.91 Å². The Morgan fingerprint density at radius 3 is 2.44 bits per heavy atom. The van der Waals surface area contributed by atoms with Crippen LogP contribution in [0.15, 0.2) is 42.7 Å². The van der Waals surface area contributed by atoms with Gasteiger partial charge in [0.1, 0.15) is 49.0 Å². The zero-order valence-electron chi connectivity index (χ0n) is 31.0. The summed E-state index contributed by atoms with van der Waals surface area (Å²) >= 11 is 0. The second-order valence-electron chi connectivity index (χ2n) is 15.6. The summed E-state index contributed by atoms with van der Waals surface area (Å²) in [6.45, 7) is 0.471. The number of amides is 2. The van der Waals surface area contributed by atoms with Gasteiger partial charge < -0.3 is 10.4 Å². The van der Waals surface area contributed by atoms with Crippen LogP contribution >= 0.6 is 0 Å². The predicted molar refractivity (Wildman–Crippen MR) is 201 cm³/mol. The van der Waals surface area contributed by atoms with Gasteiger partial charge in [0, 0.05) is 47.9 Å². The van der Waals surface area contributed by atoms with E-state index in [-0.39, 0.29) is 60.6 Å². The van der Waals surface area contributed by atoms with Crippen molar-refractivity contribution in [2.24, 2.45) is 5.92 Å². The number of aromatic nitrogens is 7. The molecule has 5 aromatic rings. The first-order chi connectivity index (χ1) is 26.7. The summed E-state index contributed by atoms with van der Waals surface area (Å²) in [5, 5.41) is 30.6. The molecule has 15 heteroatoms. The summed E-state index contributed by atoms with van der Waals surface area (Å²) in [5.74, 6) is -1.42. The first-order valence-corrected chi connectivity index (χ1v) is 19.7. The van der Waals surface area contributed by atoms with E-state index in [0.29, 0.717) is 71.5 Å². The summed E-state index contributed by atoms with van der Waals surface area (Å²) in [7, 11) is 0. The summed E-state index contributed by atoms with van der Waals surface area (Å²) in [6.07, 6.45) is 14.6. The van der Waals surface area contributed by atoms with Crippen molar-refractivity contribution in [3.05, 3.63) is 59.9 Å². The molecule has 0 radical (unpaired) electrons. The molecule has 2 aromatic carbocycles. The van der Waals surface area contributed by atoms with Gasteiger partial charge in [0.2, 0.25) is 5.91 Å². The number of quaternary nitrogens is 1. The standard InChI is InChI=1S/C40H46FN9O5/c41-33-19-28-21-43-49-35(28)20-32(33)31-10-7-11-34-39(31)40(45-48(34)24-36(52)42-22-29-23-47(46-44-29)25-38(54)55)27-14-16-50(49,17-15-27)37(53)13-12-30(51)18-26-8-5-3-1-2-4-6-9-26/h7,10-11,19-21,23,26-27H,1-6,8-9,12-18,22,24-25H2,(H-,42,52,54,55)/p+1. The van der Waals surface area contributed by atoms with Crippen molar-refractivity contribution >= 4 is 45.4 Å². The number of carbonyl (C=O) groups is 4. The second-order valence-corrected chi connectivity index (χ2v) is 15.6. The Kier molecular flexibility index (Phi) is 10.3. The number of fused-ring (bicyclic) bond motifs is 2. The molecule has 3 aromatic heterocycles. The molecule has 6 heterocycles. The van der Waals surface area contributed by atoms with Crippen LogP contribution in [-0.4, -0.2) is 76.4 Å². The van der Waals surface area contributed by atoms with Gasteiger partial charge in [-0.3, -0.25) is 19.1 Å². The quantitative estimate of drug-likeness (QED) is 0.165. The zero-order chi connectivity index (χ0) is 38.1. The van der Waals surface area contributed by atoms with Gasteiger partial charge in [-0.2, -0.15) is 5.10 Å². The third kappa shape index (κ3) is 7.41. The van der Waals surface area contributed by atoms with Crippen molar-refractivity contribution in [3.8, 4) is 11.1 Å². The van der Waals surface area contributed by atoms with Crippen LogP contribution in [0.3, 0.4) is 0 Å². The van der Waals surface area contributed by atoms with Gasteiger partial charge in [-0.25, -0.2) is 13.9 Å². The van der Waals surface area contributed by atoms with Crippen molar-refractivity contribution in [2.75, 3.05) is 13.1 Å². The third-order valence-electron chi connectivity index (χ3n) is 11.9. The monoisotopic (exact) mass is 752 g/mol. The molecule has 4 aliphatic rings. The highest BCUT2D eigenvalue weighted by Gasteiger charge is 2.46. The molecule has 0 unspecified atom stereocenters. The topological polar surface area (TPSA) is 167 Å². The van der Waals surface area contributed by atoms with Crippen LogP contribution in [0.2, 0.25) is 0 Å². The Bertz CT molecular complexity index is 2260. The number of aliphatic carboxylic acids is 1. The molecule has 55 heavy (non-hydrogen) atoms. The zero-order valence-corrected chi connectivity index (χ0v) is 31.0. The molecule has 3 aliphatic heterocycles. The molecule has 1 saturated heterocycles. The van der Waals surface area contributed by atoms with E-state index in [1.165, 1.54) is 42.6 Å². The van der Waals surface area contributed by atoms with Crippen LogP contribution in [0.5, 0.6) is 0 Å². The lowest BCUT2D eigenvalue weighted by Gasteiger charge is -2.39. The Labute approximate surface area is 317 Å². The first-order valence-electron chi connectivity index (χ1n) is 19.7. The lowest BCUT2D eigenvalue weighted by atomic mass is 9.88. The van der Waals surface area contributed by atoms with Gasteiger partial charge in [-0.05, 0) is 29.7 Å². The molecule has 14 nitrogen and oxygen atoms in total. The number of ketones is 1. The Morgan fingerprint density at radius 1 is 0.909 bits per heavy atom. The van der Waals surface area contributed by atoms with Gasteiger partial charge in [0.25, 0.3) is 0 Å². The number of benzene rings is 2. The third-order valence-corrected chi connectivity index (χ3v) is 11.9. The molecule has 288 valence electrons. The largest absolute Gasteiger partial charge is 0.480 e. The highest BCUT2D eigenvalue weighted by atomic mass is 19.1. The molecular formula is C40H47FN9O5+. The summed E-state index contributed by atoms with van der Waals surface area (Å²) in [6, 6.07) is 8.80. The summed E-state index contributed by atoms with van der Waals surface area (Å²) < 4.78 is 18.9. The molecular weight excluding hydrogens is 705 g/mol. The van der Waals surface area contributed by atoms with E-state index in [4.69, 9.17) is 15.3 Å². The van der Waals surface area contributed by atoms with E-state index >= 15 is 4.39 Å². The summed E-state index contributed by atoms with van der Waals surface area (Å²) in [5.41, 5.74) is 3.50. The smallest absolute Gasteiger partial charge is 0.340 e. The number of piperidine rings is 1. The molecule has 4 bridgehead atoms. The number of carbonyl (C=O) groups excluding carboxylic acids is 3. The normalized spacial score (nSPS) is 20.2. The van der Waals surface area contributed by atoms with Crippen molar-refractivity contribution in [1.82, 2.24) is 44.6 Å². The van der Waals surface area contributed by atoms with Crippen molar-refractivity contribution in [2.45, 2.75) is 109 Å². The molecule has 2 amide bonds. The number of hydrogen-bond acceptors (Lipinski definition) is 8. The van der Waals surface area contributed by atoms with E-state index in [9.17, 15) is 19.2 Å². The minimum atomic E-state index is -1.05. The maximum atomic E-state index is 16.1. The van der Waals surface area contributed by atoms with Crippen LogP contribution in [0.25, 0.3) is 32.9 Å². The van der Waals surface area contributed by atoms with Crippen molar-refractivity contribution in [3.63, 3.8) is 0 Å². The highest BCUT2D eigenvalue weighted by molar-refractivity contribution is 6.00. The molecule has 1 saturated carbocycles. The number of hydrogen-bond donors (Lipinski definition) is 2. The molecule has 1 aliphatic carbocycles. The molecule has 9 rings (SSSR count). The second kappa shape index (κ2) is 15.4.